The Morgan fingerprint density at radius 2 is 2.00 bits per heavy atom. The van der Waals surface area contributed by atoms with Crippen LogP contribution in [0.4, 0.5) is 0 Å². The lowest BCUT2D eigenvalue weighted by atomic mass is 10.2. The monoisotopic (exact) mass is 314 g/mol. The van der Waals surface area contributed by atoms with E-state index in [2.05, 4.69) is 5.32 Å². The van der Waals surface area contributed by atoms with Crippen molar-refractivity contribution in [1.82, 2.24) is 9.62 Å². The van der Waals surface area contributed by atoms with Gasteiger partial charge in [0.1, 0.15) is 10.6 Å². The average molecular weight is 314 g/mol. The molecule has 0 aliphatic carbocycles. The molecule has 1 amide bonds. The minimum Gasteiger partial charge on any atom is -0.495 e. The topological polar surface area (TPSA) is 75.7 Å². The Morgan fingerprint density at radius 1 is 1.33 bits per heavy atom. The van der Waals surface area contributed by atoms with Crippen molar-refractivity contribution < 1.29 is 17.9 Å². The third-order valence-corrected chi connectivity index (χ3v) is 4.84. The Bertz CT molecular complexity index is 597. The fourth-order valence-electron chi connectivity index (χ4n) is 1.70. The Labute approximate surface area is 126 Å². The van der Waals surface area contributed by atoms with Crippen molar-refractivity contribution in [3.8, 4) is 5.75 Å². The summed E-state index contributed by atoms with van der Waals surface area (Å²) in [7, 11) is 0.588. The molecule has 0 aromatic heterocycles. The van der Waals surface area contributed by atoms with E-state index in [9.17, 15) is 13.2 Å². The normalized spacial score (nSPS) is 11.5. The smallest absolute Gasteiger partial charge is 0.251 e. The lowest BCUT2D eigenvalue weighted by Gasteiger charge is -2.15. The van der Waals surface area contributed by atoms with Crippen LogP contribution in [0.1, 0.15) is 30.1 Å². The van der Waals surface area contributed by atoms with Crippen LogP contribution in [0, 0.1) is 0 Å². The number of sulfonamides is 1. The van der Waals surface area contributed by atoms with E-state index in [-0.39, 0.29) is 16.6 Å². The summed E-state index contributed by atoms with van der Waals surface area (Å²) in [6, 6.07) is 4.38. The van der Waals surface area contributed by atoms with Crippen molar-refractivity contribution in [2.24, 2.45) is 0 Å². The number of nitrogens with zero attached hydrogens (tertiary/aromatic N) is 1. The molecular weight excluding hydrogens is 292 g/mol. The first-order chi connectivity index (χ1) is 9.84. The van der Waals surface area contributed by atoms with E-state index in [4.69, 9.17) is 4.74 Å². The molecule has 0 heterocycles. The second-order valence-corrected chi connectivity index (χ2v) is 6.88. The summed E-state index contributed by atoms with van der Waals surface area (Å²) in [4.78, 5) is 12.0. The molecule has 1 rings (SSSR count). The highest BCUT2D eigenvalue weighted by molar-refractivity contribution is 7.89. The van der Waals surface area contributed by atoms with Gasteiger partial charge in [0.2, 0.25) is 10.0 Å². The van der Waals surface area contributed by atoms with E-state index >= 15 is 0 Å². The van der Waals surface area contributed by atoms with Gasteiger partial charge < -0.3 is 10.1 Å². The van der Waals surface area contributed by atoms with Gasteiger partial charge in [-0.3, -0.25) is 4.79 Å². The van der Waals surface area contributed by atoms with E-state index in [1.165, 1.54) is 33.3 Å². The first-order valence-corrected chi connectivity index (χ1v) is 8.17. The Kier molecular flexibility index (Phi) is 6.17. The summed E-state index contributed by atoms with van der Waals surface area (Å²) in [6.45, 7) is 2.60. The van der Waals surface area contributed by atoms with Crippen molar-refractivity contribution in [3.63, 3.8) is 0 Å². The van der Waals surface area contributed by atoms with Crippen LogP contribution in [0.15, 0.2) is 23.1 Å². The fourth-order valence-corrected chi connectivity index (χ4v) is 2.77. The first-order valence-electron chi connectivity index (χ1n) is 6.73. The summed E-state index contributed by atoms with van der Waals surface area (Å²) in [5.41, 5.74) is 0.298. The molecule has 0 radical (unpaired) electrons. The maximum Gasteiger partial charge on any atom is 0.251 e. The summed E-state index contributed by atoms with van der Waals surface area (Å²) in [6.07, 6.45) is 1.86. The quantitative estimate of drug-likeness (QED) is 0.773. The third kappa shape index (κ3) is 4.18. The van der Waals surface area contributed by atoms with Gasteiger partial charge in [0.15, 0.2) is 0 Å². The average Bonchev–Trinajstić information content (AvgIpc) is 2.46. The molecule has 0 aliphatic rings. The number of benzene rings is 1. The minimum atomic E-state index is -3.67. The molecule has 118 valence electrons. The van der Waals surface area contributed by atoms with Gasteiger partial charge in [0, 0.05) is 26.2 Å². The lowest BCUT2D eigenvalue weighted by Crippen LogP contribution is -2.26. The highest BCUT2D eigenvalue weighted by atomic mass is 32.2. The van der Waals surface area contributed by atoms with Crippen LogP contribution in [0.3, 0.4) is 0 Å². The highest BCUT2D eigenvalue weighted by Gasteiger charge is 2.23. The van der Waals surface area contributed by atoms with E-state index in [0.29, 0.717) is 12.1 Å². The van der Waals surface area contributed by atoms with E-state index in [0.717, 1.165) is 17.1 Å². The van der Waals surface area contributed by atoms with Crippen LogP contribution in [-0.2, 0) is 10.0 Å². The summed E-state index contributed by atoms with van der Waals surface area (Å²) in [5, 5.41) is 2.76. The van der Waals surface area contributed by atoms with Crippen molar-refractivity contribution in [1.29, 1.82) is 0 Å². The number of hydrogen-bond acceptors (Lipinski definition) is 4. The Balaban J connectivity index is 3.14. The SMILES string of the molecule is CCCCNC(=O)c1ccc(OC)c(S(=O)(=O)N(C)C)c1. The molecule has 1 aromatic rings. The number of amides is 1. The predicted octanol–water partition coefficient (Wildman–Crippen LogP) is 1.48. The Morgan fingerprint density at radius 3 is 2.52 bits per heavy atom. The molecule has 21 heavy (non-hydrogen) atoms. The zero-order chi connectivity index (χ0) is 16.0. The van der Waals surface area contributed by atoms with Crippen molar-refractivity contribution in [2.75, 3.05) is 27.7 Å². The van der Waals surface area contributed by atoms with E-state index in [1.807, 2.05) is 6.92 Å². The van der Waals surface area contributed by atoms with Gasteiger partial charge >= 0.3 is 0 Å². The number of nitrogens with one attached hydrogen (secondary N) is 1. The number of unbranched alkanes of at least 4 members (excludes halogenated alkanes) is 1. The van der Waals surface area contributed by atoms with Gasteiger partial charge in [0.25, 0.3) is 5.91 Å². The third-order valence-electron chi connectivity index (χ3n) is 3.00. The molecule has 0 bridgehead atoms. The van der Waals surface area contributed by atoms with E-state index < -0.39 is 10.0 Å². The summed E-state index contributed by atoms with van der Waals surface area (Å²) < 4.78 is 30.7. The van der Waals surface area contributed by atoms with Gasteiger partial charge in [0.05, 0.1) is 7.11 Å². The molecule has 0 aliphatic heterocycles. The number of carbonyl (C=O) groups is 1. The highest BCUT2D eigenvalue weighted by Crippen LogP contribution is 2.26. The molecule has 1 aromatic carbocycles. The second kappa shape index (κ2) is 7.42. The maximum atomic E-state index is 12.3. The van der Waals surface area contributed by atoms with Gasteiger partial charge in [-0.1, -0.05) is 13.3 Å². The van der Waals surface area contributed by atoms with Crippen LogP contribution in [0.2, 0.25) is 0 Å². The molecule has 0 fully saturated rings. The van der Waals surface area contributed by atoms with Gasteiger partial charge in [-0.05, 0) is 24.6 Å². The van der Waals surface area contributed by atoms with Gasteiger partial charge in [-0.15, -0.1) is 0 Å². The molecule has 0 saturated carbocycles. The van der Waals surface area contributed by atoms with Crippen LogP contribution >= 0.6 is 0 Å². The number of hydrogen-bond donors (Lipinski definition) is 1. The molecule has 6 nitrogen and oxygen atoms in total. The van der Waals surface area contributed by atoms with Crippen LogP contribution in [0.5, 0.6) is 5.75 Å². The molecule has 0 atom stereocenters. The number of methoxy groups -OCH3 is 1. The zero-order valence-electron chi connectivity index (χ0n) is 12.8. The molecular formula is C14H22N2O4S. The van der Waals surface area contributed by atoms with E-state index in [1.54, 1.807) is 6.07 Å². The molecule has 0 saturated heterocycles. The summed E-state index contributed by atoms with van der Waals surface area (Å²) in [5.74, 6) is -0.0740. The molecule has 0 spiro atoms. The zero-order valence-corrected chi connectivity index (χ0v) is 13.7. The Hall–Kier alpha value is -1.60. The predicted molar refractivity (Wildman–Crippen MR) is 81.1 cm³/mol. The van der Waals surface area contributed by atoms with Gasteiger partial charge in [-0.2, -0.15) is 0 Å². The number of rotatable bonds is 7. The van der Waals surface area contributed by atoms with Crippen molar-refractivity contribution >= 4 is 15.9 Å². The lowest BCUT2D eigenvalue weighted by molar-refractivity contribution is 0.0953. The van der Waals surface area contributed by atoms with Crippen LogP contribution in [0.25, 0.3) is 0 Å². The molecule has 1 N–H and O–H groups in total. The second-order valence-electron chi connectivity index (χ2n) is 4.76. The number of ether oxygens (including phenoxy) is 1. The van der Waals surface area contributed by atoms with Crippen LogP contribution in [-0.4, -0.2) is 46.4 Å². The maximum absolute atomic E-state index is 12.3. The van der Waals surface area contributed by atoms with Crippen molar-refractivity contribution in [2.45, 2.75) is 24.7 Å². The molecule has 0 unspecified atom stereocenters. The first kappa shape index (κ1) is 17.5. The number of carbonyl (C=O) groups excluding carboxylic acids is 1. The minimum absolute atomic E-state index is 0.0156. The largest absolute Gasteiger partial charge is 0.495 e. The van der Waals surface area contributed by atoms with Gasteiger partial charge in [-0.25, -0.2) is 12.7 Å². The fraction of sp³-hybridized carbons (Fsp3) is 0.500. The van der Waals surface area contributed by atoms with Crippen molar-refractivity contribution in [3.05, 3.63) is 23.8 Å². The van der Waals surface area contributed by atoms with Crippen LogP contribution < -0.4 is 10.1 Å². The standard InChI is InChI=1S/C14H22N2O4S/c1-5-6-9-15-14(17)11-7-8-12(20-4)13(10-11)21(18,19)16(2)3/h7-8,10H,5-6,9H2,1-4H3,(H,15,17). The summed E-state index contributed by atoms with van der Waals surface area (Å²) >= 11 is 0. The molecule has 7 heteroatoms.